The van der Waals surface area contributed by atoms with Gasteiger partial charge in [0.15, 0.2) is 0 Å². The summed E-state index contributed by atoms with van der Waals surface area (Å²) in [4.78, 5) is 25.5. The first-order valence-electron chi connectivity index (χ1n) is 6.01. The molecule has 2 saturated heterocycles. The lowest BCUT2D eigenvalue weighted by molar-refractivity contribution is -0.152. The van der Waals surface area contributed by atoms with E-state index >= 15 is 0 Å². The fourth-order valence-corrected chi connectivity index (χ4v) is 3.18. The number of cyclic esters (lactones) is 1. The highest BCUT2D eigenvalue weighted by Crippen LogP contribution is 2.48. The van der Waals surface area contributed by atoms with Crippen molar-refractivity contribution in [1.29, 1.82) is 0 Å². The van der Waals surface area contributed by atoms with Crippen LogP contribution in [0.2, 0.25) is 0 Å². The number of esters is 2. The molecule has 2 aliphatic rings. The van der Waals surface area contributed by atoms with Gasteiger partial charge in [-0.3, -0.25) is 4.79 Å². The molecule has 2 heterocycles. The Morgan fingerprint density at radius 2 is 2.26 bits per heavy atom. The third kappa shape index (κ3) is 2.66. The summed E-state index contributed by atoms with van der Waals surface area (Å²) in [7, 11) is 0. The molecule has 0 amide bonds. The molecule has 0 aromatic carbocycles. The van der Waals surface area contributed by atoms with Crippen LogP contribution in [0.1, 0.15) is 26.2 Å². The first-order valence-corrected chi connectivity index (χ1v) is 7.15. The lowest BCUT2D eigenvalue weighted by Gasteiger charge is -2.31. The minimum Gasteiger partial charge on any atom is -0.466 e. The van der Waals surface area contributed by atoms with Gasteiger partial charge in [-0.1, -0.05) is 34.8 Å². The number of hydrogen-bond acceptors (Lipinski definition) is 5. The second-order valence-corrected chi connectivity index (χ2v) is 6.98. The second-order valence-electron chi connectivity index (χ2n) is 4.61. The molecule has 5 nitrogen and oxygen atoms in total. The topological polar surface area (TPSA) is 55.8 Å². The minimum absolute atomic E-state index is 0.0725. The van der Waals surface area contributed by atoms with Crippen molar-refractivity contribution in [3.05, 3.63) is 0 Å². The van der Waals surface area contributed by atoms with Crippen molar-refractivity contribution in [2.45, 2.75) is 41.7 Å². The Kier molecular flexibility index (Phi) is 4.21. The van der Waals surface area contributed by atoms with Crippen LogP contribution in [-0.2, 0) is 19.1 Å². The average molecular weight is 331 g/mol. The third-order valence-electron chi connectivity index (χ3n) is 3.44. The van der Waals surface area contributed by atoms with Crippen LogP contribution in [0, 0.1) is 0 Å². The molecule has 0 N–H and O–H groups in total. The molecule has 0 unspecified atom stereocenters. The Morgan fingerprint density at radius 3 is 2.84 bits per heavy atom. The van der Waals surface area contributed by atoms with Gasteiger partial charge in [-0.05, 0) is 19.8 Å². The van der Waals surface area contributed by atoms with Gasteiger partial charge in [-0.15, -0.1) is 0 Å². The molecule has 2 rings (SSSR count). The highest BCUT2D eigenvalue weighted by Gasteiger charge is 2.63. The summed E-state index contributed by atoms with van der Waals surface area (Å²) in [5, 5.41) is 0. The van der Waals surface area contributed by atoms with Crippen LogP contribution in [0.25, 0.3) is 0 Å². The van der Waals surface area contributed by atoms with Gasteiger partial charge in [-0.2, -0.15) is 0 Å². The molecule has 0 bridgehead atoms. The third-order valence-corrected chi connectivity index (χ3v) is 4.00. The average Bonchev–Trinajstić information content (AvgIpc) is 2.78. The highest BCUT2D eigenvalue weighted by atomic mass is 35.6. The standard InChI is InChI=1S/C11H14Cl3NO4/c1-2-18-7(16)6-10-4-3-5-15(10)8(11(12,13)14)19-9(10)17/h8H,2-6H2,1H3/t8-,10-/m1/s1. The molecular weight excluding hydrogens is 316 g/mol. The second kappa shape index (κ2) is 5.28. The van der Waals surface area contributed by atoms with Crippen LogP contribution >= 0.6 is 34.8 Å². The number of carbonyl (C=O) groups excluding carboxylic acids is 2. The van der Waals surface area contributed by atoms with E-state index in [2.05, 4.69) is 0 Å². The molecule has 0 saturated carbocycles. The molecule has 108 valence electrons. The van der Waals surface area contributed by atoms with Crippen molar-refractivity contribution in [3.63, 3.8) is 0 Å². The molecule has 0 aliphatic carbocycles. The van der Waals surface area contributed by atoms with Crippen molar-refractivity contribution in [1.82, 2.24) is 4.90 Å². The summed E-state index contributed by atoms with van der Waals surface area (Å²) >= 11 is 17.5. The zero-order valence-corrected chi connectivity index (χ0v) is 12.6. The van der Waals surface area contributed by atoms with E-state index in [4.69, 9.17) is 44.3 Å². The molecule has 8 heteroatoms. The zero-order chi connectivity index (χ0) is 14.3. The van der Waals surface area contributed by atoms with E-state index in [0.717, 1.165) is 6.42 Å². The molecule has 0 aromatic heterocycles. The van der Waals surface area contributed by atoms with Gasteiger partial charge in [-0.25, -0.2) is 9.69 Å². The SMILES string of the molecule is CCOC(=O)C[C@@]12CCCN1[C@@H](C(Cl)(Cl)Cl)OC2=O. The van der Waals surface area contributed by atoms with Crippen molar-refractivity contribution >= 4 is 46.7 Å². The maximum absolute atomic E-state index is 12.1. The number of rotatable bonds is 3. The molecule has 0 aromatic rings. The Labute approximate surface area is 126 Å². The van der Waals surface area contributed by atoms with Crippen molar-refractivity contribution in [2.24, 2.45) is 0 Å². The number of alkyl halides is 3. The molecular formula is C11H14Cl3NO4. The molecule has 2 aliphatic heterocycles. The van der Waals surface area contributed by atoms with E-state index in [0.29, 0.717) is 13.0 Å². The van der Waals surface area contributed by atoms with Crippen LogP contribution in [0.3, 0.4) is 0 Å². The Morgan fingerprint density at radius 1 is 1.58 bits per heavy atom. The van der Waals surface area contributed by atoms with Crippen molar-refractivity contribution in [2.75, 3.05) is 13.2 Å². The van der Waals surface area contributed by atoms with Crippen molar-refractivity contribution < 1.29 is 19.1 Å². The van der Waals surface area contributed by atoms with Gasteiger partial charge in [0.25, 0.3) is 0 Å². The van der Waals surface area contributed by atoms with Crippen LogP contribution in [0.5, 0.6) is 0 Å². The molecule has 19 heavy (non-hydrogen) atoms. The van der Waals surface area contributed by atoms with E-state index in [9.17, 15) is 9.59 Å². The molecule has 0 radical (unpaired) electrons. The first kappa shape index (κ1) is 15.2. The minimum atomic E-state index is -1.74. The zero-order valence-electron chi connectivity index (χ0n) is 10.3. The molecule has 0 spiro atoms. The maximum atomic E-state index is 12.1. The summed E-state index contributed by atoms with van der Waals surface area (Å²) in [5.41, 5.74) is -1.04. The monoisotopic (exact) mass is 329 g/mol. The summed E-state index contributed by atoms with van der Waals surface area (Å²) in [6, 6.07) is 0. The number of nitrogens with zero attached hydrogens (tertiary/aromatic N) is 1. The quantitative estimate of drug-likeness (QED) is 0.585. The van der Waals surface area contributed by atoms with Crippen molar-refractivity contribution in [3.8, 4) is 0 Å². The lowest BCUT2D eigenvalue weighted by atomic mass is 9.93. The van der Waals surface area contributed by atoms with Gasteiger partial charge >= 0.3 is 11.9 Å². The maximum Gasteiger partial charge on any atom is 0.329 e. The van der Waals surface area contributed by atoms with E-state index in [1.54, 1.807) is 11.8 Å². The van der Waals surface area contributed by atoms with Gasteiger partial charge in [0, 0.05) is 6.54 Å². The van der Waals surface area contributed by atoms with Crippen LogP contribution in [-0.4, -0.2) is 45.5 Å². The van der Waals surface area contributed by atoms with Gasteiger partial charge in [0.1, 0.15) is 5.54 Å². The smallest absolute Gasteiger partial charge is 0.329 e. The Bertz CT molecular complexity index is 398. The number of fused-ring (bicyclic) bond motifs is 1. The Hall–Kier alpha value is -0.230. The van der Waals surface area contributed by atoms with Gasteiger partial charge in [0.05, 0.1) is 13.0 Å². The summed E-state index contributed by atoms with van der Waals surface area (Å²) < 4.78 is 8.32. The summed E-state index contributed by atoms with van der Waals surface area (Å²) in [6.07, 6.45) is 0.215. The molecule has 2 atom stereocenters. The largest absolute Gasteiger partial charge is 0.466 e. The molecule has 2 fully saturated rings. The van der Waals surface area contributed by atoms with E-state index in [1.807, 2.05) is 0 Å². The van der Waals surface area contributed by atoms with E-state index in [-0.39, 0.29) is 13.0 Å². The van der Waals surface area contributed by atoms with Crippen LogP contribution < -0.4 is 0 Å². The van der Waals surface area contributed by atoms with Crippen LogP contribution in [0.15, 0.2) is 0 Å². The van der Waals surface area contributed by atoms with E-state index < -0.39 is 27.5 Å². The fraction of sp³-hybridized carbons (Fsp3) is 0.818. The first-order chi connectivity index (χ1) is 8.81. The number of ether oxygens (including phenoxy) is 2. The lowest BCUT2D eigenvalue weighted by Crippen LogP contribution is -2.50. The predicted octanol–water partition coefficient (Wildman–Crippen LogP) is 2.03. The Balaban J connectivity index is 2.23. The predicted molar refractivity (Wildman–Crippen MR) is 70.1 cm³/mol. The number of hydrogen-bond donors (Lipinski definition) is 0. The fourth-order valence-electron chi connectivity index (χ4n) is 2.69. The number of carbonyl (C=O) groups is 2. The van der Waals surface area contributed by atoms with Crippen LogP contribution in [0.4, 0.5) is 0 Å². The number of halogens is 3. The normalized spacial score (nSPS) is 31.2. The summed E-state index contributed by atoms with van der Waals surface area (Å²) in [6.45, 7) is 2.51. The highest BCUT2D eigenvalue weighted by molar-refractivity contribution is 6.68. The van der Waals surface area contributed by atoms with Gasteiger partial charge < -0.3 is 9.47 Å². The van der Waals surface area contributed by atoms with Gasteiger partial charge in [0.2, 0.25) is 10.0 Å². The summed E-state index contributed by atoms with van der Waals surface area (Å²) in [5.74, 6) is -0.967. The van der Waals surface area contributed by atoms with E-state index in [1.165, 1.54) is 0 Å².